The van der Waals surface area contributed by atoms with Gasteiger partial charge in [0.2, 0.25) is 0 Å². The van der Waals surface area contributed by atoms with Crippen LogP contribution in [0.1, 0.15) is 41.5 Å². The Morgan fingerprint density at radius 1 is 1.05 bits per heavy atom. The Labute approximate surface area is 125 Å². The van der Waals surface area contributed by atoms with Crippen molar-refractivity contribution in [1.29, 1.82) is 0 Å². The lowest BCUT2D eigenvalue weighted by atomic mass is 9.89. The first-order chi connectivity index (χ1) is 8.43. The van der Waals surface area contributed by atoms with E-state index in [1.165, 1.54) is 0 Å². The standard InChI is InChI=1S/C13H28N2O2S2/c1-12(2,3)10(15)8-19-18-7-9(14)11(16)17-13(4,5)6/h9-10H,7-8,14-15H2,1-6H3/t9-,10-/m0/s1. The molecule has 0 rings (SSSR count). The molecular formula is C13H28N2O2S2. The van der Waals surface area contributed by atoms with Crippen LogP contribution >= 0.6 is 21.6 Å². The summed E-state index contributed by atoms with van der Waals surface area (Å²) < 4.78 is 5.22. The third-order valence-corrected chi connectivity index (χ3v) is 4.87. The fourth-order valence-corrected chi connectivity index (χ4v) is 3.52. The van der Waals surface area contributed by atoms with E-state index >= 15 is 0 Å². The van der Waals surface area contributed by atoms with Crippen molar-refractivity contribution in [2.75, 3.05) is 11.5 Å². The summed E-state index contributed by atoms with van der Waals surface area (Å²) >= 11 is 0. The van der Waals surface area contributed by atoms with Gasteiger partial charge in [-0.05, 0) is 26.2 Å². The van der Waals surface area contributed by atoms with Crippen molar-refractivity contribution in [1.82, 2.24) is 0 Å². The Balaban J connectivity index is 3.87. The SMILES string of the molecule is CC(C)(C)OC(=O)[C@@H](N)CSSC[C@H](N)C(C)(C)C. The lowest BCUT2D eigenvalue weighted by Crippen LogP contribution is -2.39. The maximum Gasteiger partial charge on any atom is 0.324 e. The summed E-state index contributed by atoms with van der Waals surface area (Å²) in [6.45, 7) is 11.9. The molecule has 0 bridgehead atoms. The second-order valence-corrected chi connectivity index (χ2v) is 9.23. The van der Waals surface area contributed by atoms with Crippen molar-refractivity contribution >= 4 is 27.6 Å². The molecular weight excluding hydrogens is 280 g/mol. The summed E-state index contributed by atoms with van der Waals surface area (Å²) in [6.07, 6.45) is 0. The van der Waals surface area contributed by atoms with E-state index in [0.29, 0.717) is 5.75 Å². The minimum absolute atomic E-state index is 0.0981. The first kappa shape index (κ1) is 19.1. The lowest BCUT2D eigenvalue weighted by molar-refractivity contribution is -0.155. The van der Waals surface area contributed by atoms with Crippen LogP contribution in [-0.4, -0.2) is 35.2 Å². The third-order valence-electron chi connectivity index (χ3n) is 2.40. The summed E-state index contributed by atoms with van der Waals surface area (Å²) in [5.41, 5.74) is 11.5. The maximum atomic E-state index is 11.7. The molecule has 0 aromatic rings. The summed E-state index contributed by atoms with van der Waals surface area (Å²) in [4.78, 5) is 11.7. The predicted molar refractivity (Wildman–Crippen MR) is 86.2 cm³/mol. The van der Waals surface area contributed by atoms with Crippen LogP contribution in [-0.2, 0) is 9.53 Å². The van der Waals surface area contributed by atoms with Gasteiger partial charge in [0, 0.05) is 17.5 Å². The molecule has 0 unspecified atom stereocenters. The fourth-order valence-electron chi connectivity index (χ4n) is 0.938. The van der Waals surface area contributed by atoms with E-state index in [9.17, 15) is 4.79 Å². The monoisotopic (exact) mass is 308 g/mol. The Kier molecular flexibility index (Phi) is 7.80. The normalized spacial score (nSPS) is 16.0. The smallest absolute Gasteiger partial charge is 0.324 e. The molecule has 0 aliphatic rings. The summed E-state index contributed by atoms with van der Waals surface area (Å²) in [7, 11) is 3.23. The highest BCUT2D eigenvalue weighted by Gasteiger charge is 2.23. The number of esters is 1. The van der Waals surface area contributed by atoms with Crippen LogP contribution in [0.2, 0.25) is 0 Å². The first-order valence-corrected chi connectivity index (χ1v) is 8.90. The Bertz CT molecular complexity index is 285. The van der Waals surface area contributed by atoms with E-state index in [4.69, 9.17) is 16.2 Å². The van der Waals surface area contributed by atoms with Crippen LogP contribution in [0.25, 0.3) is 0 Å². The van der Waals surface area contributed by atoms with Crippen molar-refractivity contribution in [3.63, 3.8) is 0 Å². The number of hydrogen-bond donors (Lipinski definition) is 2. The van der Waals surface area contributed by atoms with Gasteiger partial charge in [-0.1, -0.05) is 42.4 Å². The van der Waals surface area contributed by atoms with Gasteiger partial charge in [-0.25, -0.2) is 0 Å². The van der Waals surface area contributed by atoms with Crippen LogP contribution in [0.15, 0.2) is 0 Å². The topological polar surface area (TPSA) is 78.3 Å². The highest BCUT2D eigenvalue weighted by Crippen LogP contribution is 2.27. The quantitative estimate of drug-likeness (QED) is 0.446. The molecule has 4 N–H and O–H groups in total. The van der Waals surface area contributed by atoms with Crippen LogP contribution in [0.5, 0.6) is 0 Å². The van der Waals surface area contributed by atoms with Gasteiger partial charge in [0.25, 0.3) is 0 Å². The summed E-state index contributed by atoms with van der Waals surface area (Å²) in [5.74, 6) is 1.03. The molecule has 0 radical (unpaired) electrons. The molecule has 0 spiro atoms. The first-order valence-electron chi connectivity index (χ1n) is 6.42. The molecule has 114 valence electrons. The second-order valence-electron chi connectivity index (χ2n) is 6.68. The van der Waals surface area contributed by atoms with Crippen molar-refractivity contribution in [2.24, 2.45) is 16.9 Å². The van der Waals surface area contributed by atoms with Gasteiger partial charge in [-0.3, -0.25) is 4.79 Å². The second kappa shape index (κ2) is 7.76. The van der Waals surface area contributed by atoms with E-state index in [1.807, 2.05) is 20.8 Å². The van der Waals surface area contributed by atoms with Gasteiger partial charge >= 0.3 is 5.97 Å². The van der Waals surface area contributed by atoms with E-state index in [2.05, 4.69) is 20.8 Å². The fraction of sp³-hybridized carbons (Fsp3) is 0.923. The molecule has 0 saturated heterocycles. The molecule has 19 heavy (non-hydrogen) atoms. The summed E-state index contributed by atoms with van der Waals surface area (Å²) in [6, 6.07) is -0.453. The predicted octanol–water partition coefficient (Wildman–Crippen LogP) is 2.41. The minimum Gasteiger partial charge on any atom is -0.459 e. The highest BCUT2D eigenvalue weighted by atomic mass is 33.1. The van der Waals surface area contributed by atoms with Crippen molar-refractivity contribution in [3.05, 3.63) is 0 Å². The Hall–Kier alpha value is 0.0900. The zero-order valence-corrected chi connectivity index (χ0v) is 14.5. The van der Waals surface area contributed by atoms with Gasteiger partial charge in [-0.15, -0.1) is 0 Å². The molecule has 0 heterocycles. The molecule has 4 nitrogen and oxygen atoms in total. The van der Waals surface area contributed by atoms with Crippen LogP contribution in [0.4, 0.5) is 0 Å². The lowest BCUT2D eigenvalue weighted by Gasteiger charge is -2.26. The number of carbonyl (C=O) groups is 1. The zero-order chi connectivity index (χ0) is 15.3. The highest BCUT2D eigenvalue weighted by molar-refractivity contribution is 8.76. The van der Waals surface area contributed by atoms with Crippen molar-refractivity contribution in [3.8, 4) is 0 Å². The molecule has 6 heteroatoms. The number of nitrogens with two attached hydrogens (primary N) is 2. The van der Waals surface area contributed by atoms with Gasteiger partial charge in [0.15, 0.2) is 0 Å². The number of hydrogen-bond acceptors (Lipinski definition) is 6. The van der Waals surface area contributed by atoms with Crippen molar-refractivity contribution < 1.29 is 9.53 Å². The van der Waals surface area contributed by atoms with E-state index in [-0.39, 0.29) is 17.4 Å². The van der Waals surface area contributed by atoms with Gasteiger partial charge in [0.05, 0.1) is 0 Å². The van der Waals surface area contributed by atoms with Gasteiger partial charge < -0.3 is 16.2 Å². The molecule has 0 fully saturated rings. The van der Waals surface area contributed by atoms with Crippen LogP contribution < -0.4 is 11.5 Å². The Morgan fingerprint density at radius 2 is 1.53 bits per heavy atom. The Morgan fingerprint density at radius 3 is 1.95 bits per heavy atom. The molecule has 0 saturated carbocycles. The molecule has 0 aromatic heterocycles. The molecule has 2 atom stereocenters. The average molecular weight is 309 g/mol. The number of ether oxygens (including phenoxy) is 1. The van der Waals surface area contributed by atoms with E-state index in [0.717, 1.165) is 5.75 Å². The summed E-state index contributed by atoms with van der Waals surface area (Å²) in [5, 5.41) is 0. The van der Waals surface area contributed by atoms with Crippen molar-refractivity contribution in [2.45, 2.75) is 59.2 Å². The van der Waals surface area contributed by atoms with Crippen LogP contribution in [0.3, 0.4) is 0 Å². The molecule has 0 aromatic carbocycles. The molecule has 0 amide bonds. The average Bonchev–Trinajstić information content (AvgIpc) is 2.19. The third kappa shape index (κ3) is 9.60. The number of rotatable bonds is 6. The molecule has 0 aliphatic heterocycles. The zero-order valence-electron chi connectivity index (χ0n) is 12.9. The molecule has 0 aliphatic carbocycles. The van der Waals surface area contributed by atoms with Gasteiger partial charge in [-0.2, -0.15) is 0 Å². The van der Waals surface area contributed by atoms with E-state index < -0.39 is 11.6 Å². The van der Waals surface area contributed by atoms with Crippen LogP contribution in [0, 0.1) is 5.41 Å². The van der Waals surface area contributed by atoms with E-state index in [1.54, 1.807) is 21.6 Å². The largest absolute Gasteiger partial charge is 0.459 e. The van der Waals surface area contributed by atoms with Gasteiger partial charge in [0.1, 0.15) is 11.6 Å². The minimum atomic E-state index is -0.581. The number of carbonyl (C=O) groups excluding carboxylic acids is 1. The maximum absolute atomic E-state index is 11.7.